The summed E-state index contributed by atoms with van der Waals surface area (Å²) in [6.45, 7) is 3.20. The molecule has 0 aliphatic carbocycles. The zero-order chi connectivity index (χ0) is 12.6. The second-order valence-corrected chi connectivity index (χ2v) is 5.00. The molecule has 1 aromatic carbocycles. The molecule has 96 valence electrons. The average Bonchev–Trinajstić information content (AvgIpc) is 2.93. The Labute approximate surface area is 112 Å². The van der Waals surface area contributed by atoms with Crippen LogP contribution in [0.25, 0.3) is 0 Å². The Balaban J connectivity index is 1.96. The number of aromatic nitrogens is 1. The van der Waals surface area contributed by atoms with Gasteiger partial charge in [0.15, 0.2) is 0 Å². The zero-order valence-corrected chi connectivity index (χ0v) is 11.3. The first-order valence-electron chi connectivity index (χ1n) is 6.20. The van der Waals surface area contributed by atoms with Crippen LogP contribution < -0.4 is 5.32 Å². The maximum atomic E-state index is 5.25. The topological polar surface area (TPSA) is 38.1 Å². The number of hydrogen-bond donors (Lipinski definition) is 1. The molecule has 18 heavy (non-hydrogen) atoms. The van der Waals surface area contributed by atoms with Gasteiger partial charge in [-0.25, -0.2) is 4.98 Å². The first kappa shape index (κ1) is 13.2. The highest BCUT2D eigenvalue weighted by atomic mass is 32.2. The van der Waals surface area contributed by atoms with Crippen LogP contribution in [0.4, 0.5) is 0 Å². The molecule has 0 saturated heterocycles. The quantitative estimate of drug-likeness (QED) is 0.775. The summed E-state index contributed by atoms with van der Waals surface area (Å²) in [6.07, 6.45) is 4.42. The van der Waals surface area contributed by atoms with Gasteiger partial charge in [-0.05, 0) is 18.5 Å². The molecule has 2 rings (SSSR count). The molecule has 0 radical (unpaired) electrons. The van der Waals surface area contributed by atoms with Crippen LogP contribution in [0.1, 0.15) is 24.9 Å². The highest BCUT2D eigenvalue weighted by molar-refractivity contribution is 7.99. The molecule has 0 aliphatic rings. The van der Waals surface area contributed by atoms with Crippen LogP contribution in [-0.2, 0) is 0 Å². The summed E-state index contributed by atoms with van der Waals surface area (Å²) in [5.74, 6) is 0.921. The lowest BCUT2D eigenvalue weighted by Gasteiger charge is -2.17. The van der Waals surface area contributed by atoms with E-state index in [4.69, 9.17) is 4.42 Å². The lowest BCUT2D eigenvalue weighted by molar-refractivity contribution is 0.453. The van der Waals surface area contributed by atoms with Crippen molar-refractivity contribution >= 4 is 11.8 Å². The molecule has 0 aliphatic heterocycles. The minimum Gasteiger partial charge on any atom is -0.440 e. The van der Waals surface area contributed by atoms with Gasteiger partial charge in [-0.2, -0.15) is 0 Å². The maximum Gasteiger partial charge on any atom is 0.255 e. The smallest absolute Gasteiger partial charge is 0.255 e. The van der Waals surface area contributed by atoms with Gasteiger partial charge in [-0.15, -0.1) is 0 Å². The van der Waals surface area contributed by atoms with Gasteiger partial charge in [0.25, 0.3) is 5.22 Å². The average molecular weight is 262 g/mol. The molecule has 1 unspecified atom stereocenters. The lowest BCUT2D eigenvalue weighted by atomic mass is 10.1. The Kier molecular flexibility index (Phi) is 5.30. The number of rotatable bonds is 7. The second kappa shape index (κ2) is 7.24. The molecular formula is C14H18N2OS. The van der Waals surface area contributed by atoms with Gasteiger partial charge in [0.1, 0.15) is 6.26 Å². The molecule has 4 heteroatoms. The maximum absolute atomic E-state index is 5.25. The minimum atomic E-state index is 0.336. The number of hydrogen-bond acceptors (Lipinski definition) is 4. The summed E-state index contributed by atoms with van der Waals surface area (Å²) < 4.78 is 5.25. The molecule has 0 fully saturated rings. The van der Waals surface area contributed by atoms with E-state index in [9.17, 15) is 0 Å². The number of thioether (sulfide) groups is 1. The molecule has 1 heterocycles. The number of nitrogens with one attached hydrogen (secondary N) is 1. The summed E-state index contributed by atoms with van der Waals surface area (Å²) in [6, 6.07) is 10.8. The van der Waals surface area contributed by atoms with Crippen LogP contribution in [0.3, 0.4) is 0 Å². The van der Waals surface area contributed by atoms with Gasteiger partial charge in [0, 0.05) is 11.8 Å². The first-order valence-corrected chi connectivity index (χ1v) is 7.19. The van der Waals surface area contributed by atoms with E-state index >= 15 is 0 Å². The van der Waals surface area contributed by atoms with Gasteiger partial charge in [0.2, 0.25) is 0 Å². The van der Waals surface area contributed by atoms with Gasteiger partial charge in [0.05, 0.1) is 6.20 Å². The Morgan fingerprint density at radius 2 is 2.17 bits per heavy atom. The fourth-order valence-corrected chi connectivity index (χ4v) is 2.59. The third-order valence-electron chi connectivity index (χ3n) is 2.63. The summed E-state index contributed by atoms with van der Waals surface area (Å²) in [7, 11) is 0. The van der Waals surface area contributed by atoms with Crippen LogP contribution in [-0.4, -0.2) is 17.3 Å². The van der Waals surface area contributed by atoms with Gasteiger partial charge in [-0.1, -0.05) is 49.0 Å². The van der Waals surface area contributed by atoms with E-state index in [1.54, 1.807) is 24.2 Å². The summed E-state index contributed by atoms with van der Waals surface area (Å²) in [5, 5.41) is 4.29. The predicted molar refractivity (Wildman–Crippen MR) is 74.7 cm³/mol. The number of oxazole rings is 1. The largest absolute Gasteiger partial charge is 0.440 e. The Bertz CT molecular complexity index is 430. The monoisotopic (exact) mass is 262 g/mol. The molecule has 0 amide bonds. The number of benzene rings is 1. The van der Waals surface area contributed by atoms with E-state index in [-0.39, 0.29) is 0 Å². The molecule has 0 bridgehead atoms. The van der Waals surface area contributed by atoms with Crippen molar-refractivity contribution in [2.75, 3.05) is 12.3 Å². The van der Waals surface area contributed by atoms with E-state index in [0.29, 0.717) is 6.04 Å². The van der Waals surface area contributed by atoms with Crippen molar-refractivity contribution in [3.8, 4) is 0 Å². The zero-order valence-electron chi connectivity index (χ0n) is 10.5. The molecule has 1 atom stereocenters. The lowest BCUT2D eigenvalue weighted by Crippen LogP contribution is -2.24. The van der Waals surface area contributed by atoms with Crippen LogP contribution in [0.5, 0.6) is 0 Å². The molecule has 3 nitrogen and oxygen atoms in total. The Hall–Kier alpha value is -1.26. The van der Waals surface area contributed by atoms with Crippen molar-refractivity contribution in [1.29, 1.82) is 0 Å². The van der Waals surface area contributed by atoms with E-state index in [1.165, 1.54) is 5.56 Å². The van der Waals surface area contributed by atoms with Crippen molar-refractivity contribution in [3.63, 3.8) is 0 Å². The molecule has 0 spiro atoms. The highest BCUT2D eigenvalue weighted by Gasteiger charge is 2.12. The summed E-state index contributed by atoms with van der Waals surface area (Å²) >= 11 is 1.64. The van der Waals surface area contributed by atoms with E-state index in [1.807, 2.05) is 6.07 Å². The Morgan fingerprint density at radius 1 is 1.33 bits per heavy atom. The van der Waals surface area contributed by atoms with Crippen molar-refractivity contribution in [2.24, 2.45) is 0 Å². The van der Waals surface area contributed by atoms with E-state index < -0.39 is 0 Å². The summed E-state index contributed by atoms with van der Waals surface area (Å²) in [5.41, 5.74) is 1.31. The second-order valence-electron chi connectivity index (χ2n) is 4.03. The van der Waals surface area contributed by atoms with Crippen LogP contribution in [0.2, 0.25) is 0 Å². The molecule has 1 aromatic heterocycles. The van der Waals surface area contributed by atoms with Crippen molar-refractivity contribution < 1.29 is 4.42 Å². The highest BCUT2D eigenvalue weighted by Crippen LogP contribution is 2.23. The van der Waals surface area contributed by atoms with E-state index in [2.05, 4.69) is 41.5 Å². The van der Waals surface area contributed by atoms with Gasteiger partial charge in [-0.3, -0.25) is 0 Å². The van der Waals surface area contributed by atoms with Gasteiger partial charge >= 0.3 is 0 Å². The predicted octanol–water partition coefficient (Wildman–Crippen LogP) is 3.51. The SMILES string of the molecule is CCCNC(CSc1ncco1)c1ccccc1. The van der Waals surface area contributed by atoms with Crippen molar-refractivity contribution in [2.45, 2.75) is 24.6 Å². The fourth-order valence-electron chi connectivity index (χ4n) is 1.71. The third kappa shape index (κ3) is 3.89. The normalized spacial score (nSPS) is 12.5. The number of nitrogens with zero attached hydrogens (tertiary/aromatic N) is 1. The molecule has 2 aromatic rings. The van der Waals surface area contributed by atoms with Crippen molar-refractivity contribution in [3.05, 3.63) is 48.4 Å². The van der Waals surface area contributed by atoms with Crippen LogP contribution in [0.15, 0.2) is 52.4 Å². The van der Waals surface area contributed by atoms with Crippen molar-refractivity contribution in [1.82, 2.24) is 10.3 Å². The first-order chi connectivity index (χ1) is 8.90. The molecular weight excluding hydrogens is 244 g/mol. The fraction of sp³-hybridized carbons (Fsp3) is 0.357. The van der Waals surface area contributed by atoms with E-state index in [0.717, 1.165) is 23.9 Å². The molecule has 1 N–H and O–H groups in total. The van der Waals surface area contributed by atoms with Gasteiger partial charge < -0.3 is 9.73 Å². The standard InChI is InChI=1S/C14H18N2OS/c1-2-8-15-13(12-6-4-3-5-7-12)11-18-14-16-9-10-17-14/h3-7,9-10,13,15H,2,8,11H2,1H3. The third-order valence-corrected chi connectivity index (χ3v) is 3.57. The Morgan fingerprint density at radius 3 is 2.83 bits per heavy atom. The summed E-state index contributed by atoms with van der Waals surface area (Å²) in [4.78, 5) is 4.13. The van der Waals surface area contributed by atoms with Crippen LogP contribution >= 0.6 is 11.8 Å². The van der Waals surface area contributed by atoms with Crippen LogP contribution in [0, 0.1) is 0 Å². The molecule has 0 saturated carbocycles. The minimum absolute atomic E-state index is 0.336.